The highest BCUT2D eigenvalue weighted by atomic mass is 35.5. The highest BCUT2D eigenvalue weighted by Gasteiger charge is 2.23. The Labute approximate surface area is 230 Å². The van der Waals surface area contributed by atoms with E-state index in [4.69, 9.17) is 32.7 Å². The second-order valence-corrected chi connectivity index (χ2v) is 8.85. The van der Waals surface area contributed by atoms with Crippen molar-refractivity contribution >= 4 is 62.9 Å². The van der Waals surface area contributed by atoms with Crippen LogP contribution in [0.2, 0.25) is 10.0 Å². The number of carbonyl (C=O) groups excluding carboxylic acids is 1. The number of aromatic nitrogens is 4. The van der Waals surface area contributed by atoms with Crippen LogP contribution in [0, 0.1) is 11.6 Å². The molecule has 13 heteroatoms. The summed E-state index contributed by atoms with van der Waals surface area (Å²) in [6, 6.07) is 6.61. The number of carbonyl (C=O) groups is 1. The lowest BCUT2D eigenvalue weighted by Crippen LogP contribution is -2.11. The third-order valence-corrected chi connectivity index (χ3v) is 6.57. The number of anilines is 3. The van der Waals surface area contributed by atoms with Gasteiger partial charge in [-0.15, -0.1) is 0 Å². The molecule has 0 aliphatic rings. The number of fused-ring (bicyclic) bond motifs is 3. The van der Waals surface area contributed by atoms with Crippen molar-refractivity contribution in [3.8, 4) is 22.6 Å². The highest BCUT2D eigenvalue weighted by Crippen LogP contribution is 2.47. The Bertz CT molecular complexity index is 1770. The number of nitrogens with zero attached hydrogens (tertiary/aromatic N) is 4. The van der Waals surface area contributed by atoms with Gasteiger partial charge in [0.2, 0.25) is 5.91 Å². The molecule has 9 nitrogen and oxygen atoms in total. The summed E-state index contributed by atoms with van der Waals surface area (Å²) in [5, 5.41) is 10.6. The van der Waals surface area contributed by atoms with Crippen molar-refractivity contribution < 1.29 is 23.0 Å². The normalized spacial score (nSPS) is 11.0. The molecule has 0 radical (unpaired) electrons. The van der Waals surface area contributed by atoms with Gasteiger partial charge in [-0.25, -0.2) is 23.3 Å². The van der Waals surface area contributed by atoms with E-state index in [1.54, 1.807) is 18.2 Å². The highest BCUT2D eigenvalue weighted by molar-refractivity contribution is 6.41. The first-order valence-corrected chi connectivity index (χ1v) is 11.9. The van der Waals surface area contributed by atoms with Crippen molar-refractivity contribution in [3.63, 3.8) is 0 Å². The molecule has 0 aliphatic heterocycles. The summed E-state index contributed by atoms with van der Waals surface area (Å²) in [6.45, 7) is 3.35. The molecule has 0 atom stereocenters. The van der Waals surface area contributed by atoms with Crippen LogP contribution >= 0.6 is 23.2 Å². The molecule has 0 spiro atoms. The lowest BCUT2D eigenvalue weighted by Gasteiger charge is -2.16. The van der Waals surface area contributed by atoms with E-state index >= 15 is 0 Å². The van der Waals surface area contributed by atoms with Gasteiger partial charge in [0.25, 0.3) is 0 Å². The predicted molar refractivity (Wildman–Crippen MR) is 145 cm³/mol. The molecule has 0 unspecified atom stereocenters. The Balaban J connectivity index is 1.66. The summed E-state index contributed by atoms with van der Waals surface area (Å²) in [5.74, 6) is -1.56. The molecule has 39 heavy (non-hydrogen) atoms. The fourth-order valence-corrected chi connectivity index (χ4v) is 4.76. The first-order valence-electron chi connectivity index (χ1n) is 11.2. The van der Waals surface area contributed by atoms with E-state index in [9.17, 15) is 13.6 Å². The maximum absolute atomic E-state index is 14.7. The van der Waals surface area contributed by atoms with E-state index < -0.39 is 17.5 Å². The van der Waals surface area contributed by atoms with Crippen LogP contribution in [0.25, 0.3) is 27.7 Å². The fourth-order valence-electron chi connectivity index (χ4n) is 4.06. The first-order chi connectivity index (χ1) is 18.7. The van der Waals surface area contributed by atoms with Crippen LogP contribution in [-0.4, -0.2) is 39.7 Å². The number of hydrogen-bond acceptors (Lipinski definition) is 7. The standard InChI is InChI=1S/C26H18Cl2F2N6O3/c1-4-21(37)34-16-7-13(29)6-15(30)25(16)35-20-8-17-12(10-31-20)5-14(26-32-11-33-36(17)26)22-23(27)18(38-2)9-19(39-3)24(22)28/h4-11H,1H2,2-3H3,(H,31,35)(H,34,37). The number of amides is 1. The minimum atomic E-state index is -0.936. The van der Waals surface area contributed by atoms with E-state index in [-0.39, 0.29) is 27.2 Å². The molecule has 1 amide bonds. The van der Waals surface area contributed by atoms with E-state index in [1.165, 1.54) is 31.3 Å². The third kappa shape index (κ3) is 4.66. The Morgan fingerprint density at radius 2 is 1.77 bits per heavy atom. The number of ether oxygens (including phenoxy) is 2. The molecule has 5 rings (SSSR count). The molecule has 0 saturated heterocycles. The second-order valence-electron chi connectivity index (χ2n) is 8.09. The summed E-state index contributed by atoms with van der Waals surface area (Å²) in [6.07, 6.45) is 3.86. The molecule has 0 bridgehead atoms. The average molecular weight is 571 g/mol. The third-order valence-electron chi connectivity index (χ3n) is 5.82. The monoisotopic (exact) mass is 570 g/mol. The molecular weight excluding hydrogens is 553 g/mol. The topological polar surface area (TPSA) is 103 Å². The number of nitrogens with one attached hydrogen (secondary N) is 2. The summed E-state index contributed by atoms with van der Waals surface area (Å²) in [5.41, 5.74) is 1.60. The molecular formula is C26H18Cl2F2N6O3. The Morgan fingerprint density at radius 1 is 1.05 bits per heavy atom. The lowest BCUT2D eigenvalue weighted by molar-refractivity contribution is -0.111. The molecule has 0 aliphatic carbocycles. The molecule has 2 aromatic carbocycles. The van der Waals surface area contributed by atoms with E-state index in [1.807, 2.05) is 0 Å². The van der Waals surface area contributed by atoms with Gasteiger partial charge in [0.1, 0.15) is 35.1 Å². The van der Waals surface area contributed by atoms with Gasteiger partial charge in [-0.1, -0.05) is 29.8 Å². The zero-order valence-electron chi connectivity index (χ0n) is 20.4. The smallest absolute Gasteiger partial charge is 0.247 e. The van der Waals surface area contributed by atoms with Gasteiger partial charge in [0, 0.05) is 40.9 Å². The van der Waals surface area contributed by atoms with Crippen LogP contribution in [0.5, 0.6) is 11.5 Å². The maximum Gasteiger partial charge on any atom is 0.247 e. The summed E-state index contributed by atoms with van der Waals surface area (Å²) in [4.78, 5) is 20.6. The van der Waals surface area contributed by atoms with Crippen molar-refractivity contribution in [1.82, 2.24) is 19.6 Å². The van der Waals surface area contributed by atoms with Crippen molar-refractivity contribution in [2.45, 2.75) is 0 Å². The van der Waals surface area contributed by atoms with Crippen molar-refractivity contribution in [2.75, 3.05) is 24.9 Å². The largest absolute Gasteiger partial charge is 0.495 e. The van der Waals surface area contributed by atoms with E-state index in [0.29, 0.717) is 45.2 Å². The number of pyridine rings is 2. The minimum absolute atomic E-state index is 0.128. The molecule has 3 aromatic heterocycles. The number of halogens is 4. The number of rotatable bonds is 7. The van der Waals surface area contributed by atoms with Gasteiger partial charge in [0.05, 0.1) is 35.5 Å². The van der Waals surface area contributed by atoms with Crippen LogP contribution in [0.15, 0.2) is 55.5 Å². The summed E-state index contributed by atoms with van der Waals surface area (Å²) in [7, 11) is 2.95. The molecule has 5 aromatic rings. The molecule has 2 N–H and O–H groups in total. The number of benzene rings is 2. The van der Waals surface area contributed by atoms with Crippen molar-refractivity contribution in [1.29, 1.82) is 0 Å². The minimum Gasteiger partial charge on any atom is -0.495 e. The summed E-state index contributed by atoms with van der Waals surface area (Å²) >= 11 is 13.3. The quantitative estimate of drug-likeness (QED) is 0.218. The number of methoxy groups -OCH3 is 2. The average Bonchev–Trinajstić information content (AvgIpc) is 3.41. The maximum atomic E-state index is 14.7. The number of hydrogen-bond donors (Lipinski definition) is 2. The van der Waals surface area contributed by atoms with Crippen LogP contribution in [0.4, 0.5) is 26.0 Å². The Hall–Kier alpha value is -4.48. The molecule has 198 valence electrons. The predicted octanol–water partition coefficient (Wildman–Crippen LogP) is 6.41. The lowest BCUT2D eigenvalue weighted by atomic mass is 10.0. The molecule has 0 fully saturated rings. The van der Waals surface area contributed by atoms with Gasteiger partial charge in [-0.2, -0.15) is 5.10 Å². The van der Waals surface area contributed by atoms with Crippen molar-refractivity contribution in [2.24, 2.45) is 0 Å². The van der Waals surface area contributed by atoms with Gasteiger partial charge in [0.15, 0.2) is 11.5 Å². The van der Waals surface area contributed by atoms with E-state index in [0.717, 1.165) is 12.1 Å². The Kier molecular flexibility index (Phi) is 6.94. The molecule has 3 heterocycles. The van der Waals surface area contributed by atoms with Gasteiger partial charge < -0.3 is 20.1 Å². The van der Waals surface area contributed by atoms with Gasteiger partial charge in [-0.05, 0) is 18.2 Å². The fraction of sp³-hybridized carbons (Fsp3) is 0.0769. The summed E-state index contributed by atoms with van der Waals surface area (Å²) < 4.78 is 40.9. The van der Waals surface area contributed by atoms with Gasteiger partial charge >= 0.3 is 0 Å². The van der Waals surface area contributed by atoms with Gasteiger partial charge in [-0.3, -0.25) is 4.79 Å². The zero-order valence-corrected chi connectivity index (χ0v) is 21.9. The first kappa shape index (κ1) is 26.1. The zero-order chi connectivity index (χ0) is 27.8. The van der Waals surface area contributed by atoms with Crippen molar-refractivity contribution in [3.05, 3.63) is 77.2 Å². The van der Waals surface area contributed by atoms with Crippen LogP contribution < -0.4 is 20.1 Å². The van der Waals surface area contributed by atoms with E-state index in [2.05, 4.69) is 32.3 Å². The van der Waals surface area contributed by atoms with Crippen LogP contribution in [0.3, 0.4) is 0 Å². The molecule has 0 saturated carbocycles. The SMILES string of the molecule is C=CC(=O)Nc1cc(F)cc(F)c1Nc1cc2c(cn1)cc(-c1c(Cl)c(OC)cc(OC)c1Cl)c1ncnn12. The second kappa shape index (κ2) is 10.4. The van der Waals surface area contributed by atoms with Crippen LogP contribution in [0.1, 0.15) is 0 Å². The van der Waals surface area contributed by atoms with Crippen LogP contribution in [-0.2, 0) is 4.79 Å². The Morgan fingerprint density at radius 3 is 2.44 bits per heavy atom.